The molecule has 92 valence electrons. The topological polar surface area (TPSA) is 99.3 Å². The molecular formula is C11H15N2O3P. The summed E-state index contributed by atoms with van der Waals surface area (Å²) < 4.78 is 0. The molecule has 6 heteroatoms. The number of phenols is 1. The maximum Gasteiger partial charge on any atom is 0.248 e. The number of rotatable bonds is 2. The van der Waals surface area contributed by atoms with Gasteiger partial charge in [-0.2, -0.15) is 0 Å². The first kappa shape index (κ1) is 13.6. The molecule has 2 rings (SSSR count). The van der Waals surface area contributed by atoms with Crippen molar-refractivity contribution < 1.29 is 10.00 Å². The number of aromatic amines is 1. The molecule has 0 spiro atoms. The van der Waals surface area contributed by atoms with E-state index in [1.807, 2.05) is 6.07 Å². The van der Waals surface area contributed by atoms with Crippen LogP contribution in [-0.4, -0.2) is 21.5 Å². The zero-order chi connectivity index (χ0) is 12.8. The highest BCUT2D eigenvalue weighted by Crippen LogP contribution is 2.24. The van der Waals surface area contributed by atoms with E-state index in [4.69, 9.17) is 10.6 Å². The Hall–Kier alpha value is -1.42. The molecule has 0 aliphatic rings. The molecule has 1 atom stereocenters. The predicted molar refractivity (Wildman–Crippen MR) is 70.9 cm³/mol. The molecule has 0 aliphatic carbocycles. The number of benzene rings is 1. The van der Waals surface area contributed by atoms with Gasteiger partial charge in [0.15, 0.2) is 0 Å². The van der Waals surface area contributed by atoms with Gasteiger partial charge in [0.05, 0.1) is 5.52 Å². The normalized spacial score (nSPS) is 9.82. The van der Waals surface area contributed by atoms with Crippen LogP contribution in [0.25, 0.3) is 10.9 Å². The summed E-state index contributed by atoms with van der Waals surface area (Å²) in [6.45, 7) is 0.541. The minimum Gasteiger partial charge on any atom is -0.506 e. The molecule has 0 amide bonds. The molecule has 5 nitrogen and oxygen atoms in total. The lowest BCUT2D eigenvalue weighted by atomic mass is 10.1. The molecule has 1 unspecified atom stereocenters. The lowest BCUT2D eigenvalue weighted by Gasteiger charge is -2.06. The Balaban J connectivity index is 0.000000686. The number of fused-ring (bicyclic) bond motifs is 1. The molecule has 0 aliphatic heterocycles. The minimum atomic E-state index is -0.220. The van der Waals surface area contributed by atoms with Crippen LogP contribution < -0.4 is 11.3 Å². The van der Waals surface area contributed by atoms with Gasteiger partial charge in [-0.3, -0.25) is 4.79 Å². The van der Waals surface area contributed by atoms with Gasteiger partial charge in [0, 0.05) is 11.5 Å². The summed E-state index contributed by atoms with van der Waals surface area (Å²) in [4.78, 5) is 20.6. The molecular weight excluding hydrogens is 239 g/mol. The van der Waals surface area contributed by atoms with Crippen molar-refractivity contribution in [2.75, 3.05) is 6.54 Å². The molecule has 0 radical (unpaired) electrons. The van der Waals surface area contributed by atoms with Crippen LogP contribution in [0.4, 0.5) is 0 Å². The third kappa shape index (κ3) is 3.03. The Bertz CT molecular complexity index is 554. The Kier molecular flexibility index (Phi) is 5.10. The van der Waals surface area contributed by atoms with Crippen LogP contribution in [0.15, 0.2) is 29.1 Å². The molecule has 1 aromatic heterocycles. The number of phenolic OH excluding ortho intramolecular Hbond substituents is 1. The van der Waals surface area contributed by atoms with Gasteiger partial charge in [-0.15, -0.1) is 0 Å². The van der Waals surface area contributed by atoms with Gasteiger partial charge in [-0.25, -0.2) is 0 Å². The van der Waals surface area contributed by atoms with Crippen molar-refractivity contribution in [3.8, 4) is 5.75 Å². The zero-order valence-electron chi connectivity index (χ0n) is 9.18. The van der Waals surface area contributed by atoms with Crippen molar-refractivity contribution in [1.82, 2.24) is 4.98 Å². The first-order chi connectivity index (χ1) is 8.22. The highest BCUT2D eigenvalue weighted by molar-refractivity contribution is 7.08. The molecule has 2 aromatic rings. The number of aromatic nitrogens is 1. The average molecular weight is 254 g/mol. The largest absolute Gasteiger partial charge is 0.506 e. The maximum atomic E-state index is 11.1. The van der Waals surface area contributed by atoms with Crippen LogP contribution in [0.5, 0.6) is 5.75 Å². The summed E-state index contributed by atoms with van der Waals surface area (Å²) in [5, 5.41) is 10.4. The number of nitrogens with one attached hydrogen (secondary N) is 1. The predicted octanol–water partition coefficient (Wildman–Crippen LogP) is 0.504. The third-order valence-corrected chi connectivity index (χ3v) is 2.38. The number of aromatic hydroxyl groups is 1. The Morgan fingerprint density at radius 3 is 2.59 bits per heavy atom. The van der Waals surface area contributed by atoms with Crippen molar-refractivity contribution in [1.29, 1.82) is 0 Å². The second-order valence-electron chi connectivity index (χ2n) is 3.39. The van der Waals surface area contributed by atoms with E-state index in [9.17, 15) is 9.90 Å². The number of pyridine rings is 1. The number of hydrogen-bond acceptors (Lipinski definition) is 4. The SMILES string of the molecule is NCCc1ccc(O)c2[nH]c(=O)ccc12.OP. The van der Waals surface area contributed by atoms with Crippen LogP contribution in [-0.2, 0) is 6.42 Å². The highest BCUT2D eigenvalue weighted by Gasteiger charge is 2.05. The van der Waals surface area contributed by atoms with E-state index in [-0.39, 0.29) is 11.3 Å². The summed E-state index contributed by atoms with van der Waals surface area (Å²) >= 11 is 0. The van der Waals surface area contributed by atoms with Crippen LogP contribution >= 0.6 is 9.47 Å². The van der Waals surface area contributed by atoms with Crippen molar-refractivity contribution in [2.45, 2.75) is 6.42 Å². The second-order valence-corrected chi connectivity index (χ2v) is 3.39. The Morgan fingerprint density at radius 1 is 1.24 bits per heavy atom. The summed E-state index contributed by atoms with van der Waals surface area (Å²) in [6, 6.07) is 6.55. The first-order valence-corrected chi connectivity index (χ1v) is 5.54. The van der Waals surface area contributed by atoms with Crippen LogP contribution in [0.1, 0.15) is 5.56 Å². The monoisotopic (exact) mass is 254 g/mol. The Labute approximate surface area is 101 Å². The van der Waals surface area contributed by atoms with E-state index in [0.29, 0.717) is 12.1 Å². The van der Waals surface area contributed by atoms with E-state index in [1.165, 1.54) is 15.5 Å². The van der Waals surface area contributed by atoms with E-state index >= 15 is 0 Å². The summed E-state index contributed by atoms with van der Waals surface area (Å²) in [7, 11) is 1.42. The van der Waals surface area contributed by atoms with Crippen LogP contribution in [0, 0.1) is 0 Å². The molecule has 5 N–H and O–H groups in total. The van der Waals surface area contributed by atoms with Gasteiger partial charge in [-0.1, -0.05) is 6.07 Å². The molecule has 0 bridgehead atoms. The molecule has 0 saturated heterocycles. The fourth-order valence-corrected chi connectivity index (χ4v) is 1.67. The van der Waals surface area contributed by atoms with Crippen LogP contribution in [0.3, 0.4) is 0 Å². The molecule has 0 fully saturated rings. The van der Waals surface area contributed by atoms with Crippen molar-refractivity contribution in [3.05, 3.63) is 40.2 Å². The quantitative estimate of drug-likeness (QED) is 0.586. The van der Waals surface area contributed by atoms with E-state index in [0.717, 1.165) is 17.4 Å². The molecule has 1 heterocycles. The highest BCUT2D eigenvalue weighted by atomic mass is 31.0. The lowest BCUT2D eigenvalue weighted by Crippen LogP contribution is -2.06. The zero-order valence-corrected chi connectivity index (χ0v) is 10.3. The number of nitrogens with two attached hydrogens (primary N) is 1. The van der Waals surface area contributed by atoms with Gasteiger partial charge >= 0.3 is 0 Å². The van der Waals surface area contributed by atoms with Crippen molar-refractivity contribution in [3.63, 3.8) is 0 Å². The maximum absolute atomic E-state index is 11.1. The smallest absolute Gasteiger partial charge is 0.248 e. The average Bonchev–Trinajstić information content (AvgIpc) is 2.36. The minimum absolute atomic E-state index is 0.0865. The van der Waals surface area contributed by atoms with E-state index in [2.05, 4.69) is 4.98 Å². The number of hydrogen-bond donors (Lipinski definition) is 4. The third-order valence-electron chi connectivity index (χ3n) is 2.38. The lowest BCUT2D eigenvalue weighted by molar-refractivity contribution is 0.480. The summed E-state index contributed by atoms with van der Waals surface area (Å²) in [5.41, 5.74) is 6.77. The standard InChI is InChI=1S/C11H12N2O2.H3OP/c12-6-5-7-1-3-9(14)11-8(7)2-4-10(15)13-11;1-2/h1-4,14H,5-6,12H2,(H,13,15);1H,2H2. The molecule has 17 heavy (non-hydrogen) atoms. The van der Waals surface area contributed by atoms with Gasteiger partial charge in [0.25, 0.3) is 0 Å². The van der Waals surface area contributed by atoms with Gasteiger partial charge in [0.1, 0.15) is 5.75 Å². The summed E-state index contributed by atoms with van der Waals surface area (Å²) in [6.07, 6.45) is 0.725. The van der Waals surface area contributed by atoms with Crippen molar-refractivity contribution >= 4 is 20.4 Å². The summed E-state index contributed by atoms with van der Waals surface area (Å²) in [5.74, 6) is 0.0865. The second kappa shape index (κ2) is 6.35. The fourth-order valence-electron chi connectivity index (χ4n) is 1.67. The van der Waals surface area contributed by atoms with Crippen molar-refractivity contribution in [2.24, 2.45) is 5.73 Å². The van der Waals surface area contributed by atoms with Gasteiger partial charge in [0.2, 0.25) is 5.56 Å². The van der Waals surface area contributed by atoms with E-state index < -0.39 is 0 Å². The first-order valence-electron chi connectivity index (χ1n) is 5.02. The Morgan fingerprint density at radius 2 is 1.94 bits per heavy atom. The van der Waals surface area contributed by atoms with Gasteiger partial charge in [-0.05, 0) is 40.1 Å². The molecule has 1 aromatic carbocycles. The van der Waals surface area contributed by atoms with E-state index in [1.54, 1.807) is 12.1 Å². The van der Waals surface area contributed by atoms with Gasteiger partial charge < -0.3 is 20.7 Å². The van der Waals surface area contributed by atoms with Crippen LogP contribution in [0.2, 0.25) is 0 Å². The fraction of sp³-hybridized carbons (Fsp3) is 0.182. The molecule has 0 saturated carbocycles. The number of H-pyrrole nitrogens is 1.